The first-order valence-corrected chi connectivity index (χ1v) is 5.19. The third-order valence-corrected chi connectivity index (χ3v) is 2.96. The second-order valence-corrected chi connectivity index (χ2v) is 4.12. The van der Waals surface area contributed by atoms with Gasteiger partial charge in [-0.2, -0.15) is 0 Å². The molecular formula is C11H10BrNO. The molecule has 0 bridgehead atoms. The van der Waals surface area contributed by atoms with Crippen molar-refractivity contribution in [2.24, 2.45) is 7.05 Å². The van der Waals surface area contributed by atoms with E-state index in [2.05, 4.69) is 15.9 Å². The van der Waals surface area contributed by atoms with Crippen molar-refractivity contribution >= 4 is 33.1 Å². The molecule has 0 aliphatic carbocycles. The minimum absolute atomic E-state index is 0.472. The van der Waals surface area contributed by atoms with Gasteiger partial charge in [0.25, 0.3) is 0 Å². The minimum atomic E-state index is 0.472. The molecule has 0 fully saturated rings. The van der Waals surface area contributed by atoms with Crippen LogP contribution in [0.5, 0.6) is 0 Å². The van der Waals surface area contributed by atoms with Crippen LogP contribution in [0.15, 0.2) is 28.9 Å². The molecule has 0 saturated carbocycles. The first-order valence-electron chi connectivity index (χ1n) is 4.40. The highest BCUT2D eigenvalue weighted by Gasteiger charge is 2.07. The Balaban J connectivity index is 2.78. The lowest BCUT2D eigenvalue weighted by Crippen LogP contribution is -1.88. The van der Waals surface area contributed by atoms with Gasteiger partial charge in [-0.05, 0) is 27.6 Å². The zero-order valence-corrected chi connectivity index (χ0v) is 9.41. The number of hydrogen-bond acceptors (Lipinski definition) is 1. The number of aromatic nitrogens is 1. The third-order valence-electron chi connectivity index (χ3n) is 2.36. The fourth-order valence-electron chi connectivity index (χ4n) is 1.72. The molecule has 1 aromatic carbocycles. The van der Waals surface area contributed by atoms with Gasteiger partial charge < -0.3 is 9.36 Å². The van der Waals surface area contributed by atoms with E-state index >= 15 is 0 Å². The van der Waals surface area contributed by atoms with E-state index < -0.39 is 0 Å². The third kappa shape index (κ3) is 1.38. The number of nitrogens with zero attached hydrogens (tertiary/aromatic N) is 1. The molecular weight excluding hydrogens is 242 g/mol. The van der Waals surface area contributed by atoms with Crippen LogP contribution in [0.2, 0.25) is 0 Å². The predicted octanol–water partition coefficient (Wildman–Crippen LogP) is 2.68. The van der Waals surface area contributed by atoms with Crippen molar-refractivity contribution in [1.29, 1.82) is 0 Å². The maximum Gasteiger partial charge on any atom is 0.124 e. The monoisotopic (exact) mass is 251 g/mol. The molecule has 0 N–H and O–H groups in total. The second kappa shape index (κ2) is 3.58. The van der Waals surface area contributed by atoms with Gasteiger partial charge in [0, 0.05) is 35.0 Å². The van der Waals surface area contributed by atoms with E-state index in [0.29, 0.717) is 6.42 Å². The SMILES string of the molecule is Cn1cc(Br)c2c(CC=O)cccc21. The average molecular weight is 252 g/mol. The summed E-state index contributed by atoms with van der Waals surface area (Å²) in [7, 11) is 2.00. The highest BCUT2D eigenvalue weighted by Crippen LogP contribution is 2.28. The quantitative estimate of drug-likeness (QED) is 0.753. The zero-order chi connectivity index (χ0) is 10.1. The van der Waals surface area contributed by atoms with Gasteiger partial charge in [0.1, 0.15) is 6.29 Å². The summed E-state index contributed by atoms with van der Waals surface area (Å²) < 4.78 is 3.10. The van der Waals surface area contributed by atoms with Crippen molar-refractivity contribution in [3.8, 4) is 0 Å². The standard InChI is InChI=1S/C11H10BrNO/c1-13-7-9(12)11-8(5-6-14)3-2-4-10(11)13/h2-4,6-7H,5H2,1H3. The number of carbonyl (C=O) groups is 1. The molecule has 1 aromatic heterocycles. The number of hydrogen-bond donors (Lipinski definition) is 0. The molecule has 0 amide bonds. The molecule has 0 radical (unpaired) electrons. The Hall–Kier alpha value is -1.09. The van der Waals surface area contributed by atoms with Crippen LogP contribution in [0.25, 0.3) is 10.9 Å². The normalized spacial score (nSPS) is 10.7. The van der Waals surface area contributed by atoms with Crippen LogP contribution in [0.1, 0.15) is 5.56 Å². The van der Waals surface area contributed by atoms with Gasteiger partial charge in [-0.25, -0.2) is 0 Å². The second-order valence-electron chi connectivity index (χ2n) is 3.27. The molecule has 0 spiro atoms. The Kier molecular flexibility index (Phi) is 2.42. The molecule has 0 aliphatic rings. The first-order chi connectivity index (χ1) is 6.74. The summed E-state index contributed by atoms with van der Waals surface area (Å²) in [4.78, 5) is 10.5. The highest BCUT2D eigenvalue weighted by atomic mass is 79.9. The van der Waals surface area contributed by atoms with E-state index in [1.165, 1.54) is 0 Å². The van der Waals surface area contributed by atoms with Crippen molar-refractivity contribution in [2.75, 3.05) is 0 Å². The van der Waals surface area contributed by atoms with Crippen LogP contribution >= 0.6 is 15.9 Å². The number of aryl methyl sites for hydroxylation is 1. The van der Waals surface area contributed by atoms with Crippen LogP contribution in [0.4, 0.5) is 0 Å². The summed E-state index contributed by atoms with van der Waals surface area (Å²) in [6.45, 7) is 0. The van der Waals surface area contributed by atoms with E-state index in [0.717, 1.165) is 27.2 Å². The fraction of sp³-hybridized carbons (Fsp3) is 0.182. The molecule has 2 aromatic rings. The topological polar surface area (TPSA) is 22.0 Å². The van der Waals surface area contributed by atoms with Gasteiger partial charge >= 0.3 is 0 Å². The summed E-state index contributed by atoms with van der Waals surface area (Å²) in [5.41, 5.74) is 2.22. The molecule has 14 heavy (non-hydrogen) atoms. The Morgan fingerprint density at radius 1 is 1.50 bits per heavy atom. The molecule has 2 rings (SSSR count). The number of halogens is 1. The van der Waals surface area contributed by atoms with Crippen molar-refractivity contribution < 1.29 is 4.79 Å². The first kappa shape index (κ1) is 9.46. The summed E-state index contributed by atoms with van der Waals surface area (Å²) in [6, 6.07) is 6.02. The molecule has 3 heteroatoms. The molecule has 0 aliphatic heterocycles. The Morgan fingerprint density at radius 3 is 3.00 bits per heavy atom. The fourth-order valence-corrected chi connectivity index (χ4v) is 2.49. The van der Waals surface area contributed by atoms with E-state index in [1.807, 2.05) is 36.0 Å². The van der Waals surface area contributed by atoms with E-state index in [1.54, 1.807) is 0 Å². The molecule has 72 valence electrons. The zero-order valence-electron chi connectivity index (χ0n) is 7.83. The van der Waals surface area contributed by atoms with Crippen LogP contribution in [0.3, 0.4) is 0 Å². The van der Waals surface area contributed by atoms with Crippen molar-refractivity contribution in [2.45, 2.75) is 6.42 Å². The number of fused-ring (bicyclic) bond motifs is 1. The predicted molar refractivity (Wildman–Crippen MR) is 60.4 cm³/mol. The molecule has 2 nitrogen and oxygen atoms in total. The molecule has 0 atom stereocenters. The van der Waals surface area contributed by atoms with E-state index in [-0.39, 0.29) is 0 Å². The number of carbonyl (C=O) groups excluding carboxylic acids is 1. The van der Waals surface area contributed by atoms with Gasteiger partial charge in [0.2, 0.25) is 0 Å². The summed E-state index contributed by atoms with van der Waals surface area (Å²) in [6.07, 6.45) is 3.42. The summed E-state index contributed by atoms with van der Waals surface area (Å²) >= 11 is 3.50. The lowest BCUT2D eigenvalue weighted by molar-refractivity contribution is -0.107. The van der Waals surface area contributed by atoms with Gasteiger partial charge in [0.05, 0.1) is 0 Å². The molecule has 0 unspecified atom stereocenters. The summed E-state index contributed by atoms with van der Waals surface area (Å²) in [5.74, 6) is 0. The van der Waals surface area contributed by atoms with Crippen molar-refractivity contribution in [3.63, 3.8) is 0 Å². The van der Waals surface area contributed by atoms with Gasteiger partial charge in [-0.3, -0.25) is 0 Å². The number of rotatable bonds is 2. The number of aldehydes is 1. The maximum absolute atomic E-state index is 10.5. The van der Waals surface area contributed by atoms with E-state index in [9.17, 15) is 4.79 Å². The smallest absolute Gasteiger partial charge is 0.124 e. The van der Waals surface area contributed by atoms with E-state index in [4.69, 9.17) is 0 Å². The Morgan fingerprint density at radius 2 is 2.29 bits per heavy atom. The lowest BCUT2D eigenvalue weighted by Gasteiger charge is -2.00. The Labute approximate surface area is 90.7 Å². The van der Waals surface area contributed by atoms with Crippen LogP contribution in [-0.2, 0) is 18.3 Å². The highest BCUT2D eigenvalue weighted by molar-refractivity contribution is 9.10. The van der Waals surface area contributed by atoms with Gasteiger partial charge in [0.15, 0.2) is 0 Å². The maximum atomic E-state index is 10.5. The summed E-state index contributed by atoms with van der Waals surface area (Å²) in [5, 5.41) is 1.14. The van der Waals surface area contributed by atoms with Crippen LogP contribution in [-0.4, -0.2) is 10.9 Å². The number of benzene rings is 1. The molecule has 0 saturated heterocycles. The van der Waals surface area contributed by atoms with Crippen LogP contribution < -0.4 is 0 Å². The average Bonchev–Trinajstić information content (AvgIpc) is 2.44. The lowest BCUT2D eigenvalue weighted by atomic mass is 10.1. The molecule has 1 heterocycles. The van der Waals surface area contributed by atoms with Gasteiger partial charge in [-0.1, -0.05) is 12.1 Å². The largest absolute Gasteiger partial charge is 0.349 e. The van der Waals surface area contributed by atoms with Crippen LogP contribution in [0, 0.1) is 0 Å². The Bertz CT molecular complexity index is 487. The van der Waals surface area contributed by atoms with Crippen molar-refractivity contribution in [1.82, 2.24) is 4.57 Å². The van der Waals surface area contributed by atoms with Gasteiger partial charge in [-0.15, -0.1) is 0 Å². The minimum Gasteiger partial charge on any atom is -0.349 e. The van der Waals surface area contributed by atoms with Crippen molar-refractivity contribution in [3.05, 3.63) is 34.4 Å².